The molecule has 0 spiro atoms. The lowest BCUT2D eigenvalue weighted by Gasteiger charge is -2.31. The number of carbonyl (C=O) groups is 4. The van der Waals surface area contributed by atoms with Gasteiger partial charge in [0.1, 0.15) is 37.6 Å². The maximum Gasteiger partial charge on any atom is 0.358 e. The van der Waals surface area contributed by atoms with Gasteiger partial charge in [-0.1, -0.05) is 123 Å². The molecular formula is C84H88N16O10S4Si2. The van der Waals surface area contributed by atoms with E-state index in [1.54, 1.807) is 52.9 Å². The second kappa shape index (κ2) is 36.0. The Morgan fingerprint density at radius 2 is 1.07 bits per heavy atom. The van der Waals surface area contributed by atoms with Crippen LogP contribution in [0.15, 0.2) is 176 Å². The SMILES string of the molecule is CCOC(=O)c1nc(N2CCc3cccc(C(=O)N(COCC[Si](C)(C)C)c4nc5ccccc5s4)c3C2)sc1CCOc1cccc(-n2ncc3cncnc32)c1.CCOC(=O)c1nc(N2CCc3cccc(C(=O)N=c4sc5ccccc5n4COCC[Si](C)(C)C)c3C2)sc1CCOc1cccc(-n2ncc3cncnc32)c1. The van der Waals surface area contributed by atoms with Crippen LogP contribution in [-0.2, 0) is 64.5 Å². The van der Waals surface area contributed by atoms with Crippen molar-refractivity contribution >= 4 is 143 Å². The molecule has 0 aliphatic carbocycles. The topological polar surface area (TPSA) is 277 Å². The van der Waals surface area contributed by atoms with Crippen molar-refractivity contribution in [2.45, 2.75) is 111 Å². The molecule has 0 bridgehead atoms. The van der Waals surface area contributed by atoms with Crippen molar-refractivity contribution in [3.8, 4) is 22.9 Å². The maximum atomic E-state index is 14.6. The van der Waals surface area contributed by atoms with Crippen molar-refractivity contribution in [3.05, 3.63) is 230 Å². The number of carbonyl (C=O) groups excluding carboxylic acids is 4. The Hall–Kier alpha value is -11.1. The molecule has 596 valence electrons. The first-order chi connectivity index (χ1) is 56.3. The van der Waals surface area contributed by atoms with E-state index in [9.17, 15) is 19.2 Å². The van der Waals surface area contributed by atoms with Crippen LogP contribution in [0, 0.1) is 0 Å². The zero-order valence-corrected chi connectivity index (χ0v) is 71.0. The summed E-state index contributed by atoms with van der Waals surface area (Å²) >= 11 is 5.87. The highest BCUT2D eigenvalue weighted by Crippen LogP contribution is 2.38. The first kappa shape index (κ1) is 80.1. The molecule has 26 nitrogen and oxygen atoms in total. The van der Waals surface area contributed by atoms with Crippen molar-refractivity contribution in [1.29, 1.82) is 0 Å². The first-order valence-electron chi connectivity index (χ1n) is 38.6. The monoisotopic (exact) mass is 1660 g/mol. The number of amides is 2. The van der Waals surface area contributed by atoms with Gasteiger partial charge in [-0.25, -0.2) is 53.8 Å². The Morgan fingerprint density at radius 1 is 0.543 bits per heavy atom. The zero-order valence-electron chi connectivity index (χ0n) is 65.8. The van der Waals surface area contributed by atoms with Crippen LogP contribution in [0.3, 0.4) is 0 Å². The van der Waals surface area contributed by atoms with Gasteiger partial charge in [-0.2, -0.15) is 15.2 Å². The molecule has 14 aromatic rings. The van der Waals surface area contributed by atoms with Crippen LogP contribution >= 0.6 is 45.3 Å². The molecule has 6 aromatic carbocycles. The molecule has 8 aromatic heterocycles. The summed E-state index contributed by atoms with van der Waals surface area (Å²) in [7, 11) is -2.60. The molecule has 0 N–H and O–H groups in total. The molecule has 2 aliphatic rings. The van der Waals surface area contributed by atoms with Crippen LogP contribution in [0.1, 0.15) is 87.5 Å². The quantitative estimate of drug-likeness (QED) is 0.0182. The molecule has 10 heterocycles. The van der Waals surface area contributed by atoms with E-state index in [1.807, 2.05) is 126 Å². The van der Waals surface area contributed by atoms with Gasteiger partial charge in [0.25, 0.3) is 11.8 Å². The van der Waals surface area contributed by atoms with E-state index >= 15 is 0 Å². The van der Waals surface area contributed by atoms with Gasteiger partial charge in [-0.15, -0.1) is 22.7 Å². The number of anilines is 3. The number of rotatable bonds is 29. The second-order valence-electron chi connectivity index (χ2n) is 30.2. The molecule has 32 heteroatoms. The molecule has 2 aliphatic heterocycles. The Kier molecular flexibility index (Phi) is 24.8. The summed E-state index contributed by atoms with van der Waals surface area (Å²) < 4.78 is 43.1. The number of aromatic nitrogens is 12. The Balaban J connectivity index is 0.000000182. The molecule has 16 rings (SSSR count). The van der Waals surface area contributed by atoms with E-state index in [1.165, 1.54) is 58.0 Å². The van der Waals surface area contributed by atoms with Crippen LogP contribution in [0.4, 0.5) is 15.4 Å². The lowest BCUT2D eigenvalue weighted by Crippen LogP contribution is -2.37. The summed E-state index contributed by atoms with van der Waals surface area (Å²) in [4.78, 5) is 99.4. The number of thiazole rings is 4. The Bertz CT molecular complexity index is 5950. The molecule has 116 heavy (non-hydrogen) atoms. The van der Waals surface area contributed by atoms with Gasteiger partial charge in [0.05, 0.1) is 81.4 Å². The van der Waals surface area contributed by atoms with Crippen LogP contribution < -0.4 is 29.0 Å². The van der Waals surface area contributed by atoms with E-state index in [0.717, 1.165) is 86.7 Å². The summed E-state index contributed by atoms with van der Waals surface area (Å²) in [6.07, 6.45) is 12.2. The smallest absolute Gasteiger partial charge is 0.358 e. The van der Waals surface area contributed by atoms with E-state index in [2.05, 4.69) is 91.3 Å². The normalized spacial score (nSPS) is 13.1. The lowest BCUT2D eigenvalue weighted by atomic mass is 9.94. The highest BCUT2D eigenvalue weighted by molar-refractivity contribution is 7.22. The Labute approximate surface area is 688 Å². The number of nitrogens with zero attached hydrogens (tertiary/aromatic N) is 16. The molecule has 0 atom stereocenters. The minimum absolute atomic E-state index is 0.108. The molecule has 0 fully saturated rings. The zero-order chi connectivity index (χ0) is 80.5. The van der Waals surface area contributed by atoms with E-state index in [4.69, 9.17) is 48.4 Å². The fraction of sp³-hybridized carbons (Fsp3) is 0.310. The van der Waals surface area contributed by atoms with E-state index < -0.39 is 28.1 Å². The predicted octanol–water partition coefficient (Wildman–Crippen LogP) is 15.9. The number of hydrogen-bond acceptors (Lipinski definition) is 25. The van der Waals surface area contributed by atoms with Gasteiger partial charge in [-0.3, -0.25) is 19.1 Å². The van der Waals surface area contributed by atoms with Crippen molar-refractivity contribution in [3.63, 3.8) is 0 Å². The fourth-order valence-electron chi connectivity index (χ4n) is 13.5. The van der Waals surface area contributed by atoms with Crippen LogP contribution in [0.2, 0.25) is 51.4 Å². The molecule has 2 amide bonds. The predicted molar refractivity (Wildman–Crippen MR) is 459 cm³/mol. The number of benzene rings is 6. The van der Waals surface area contributed by atoms with Crippen LogP contribution in [0.5, 0.6) is 11.5 Å². The molecule has 0 saturated carbocycles. The average Bonchev–Trinajstić information content (AvgIpc) is 1.42. The summed E-state index contributed by atoms with van der Waals surface area (Å²) in [5.41, 5.74) is 10.6. The van der Waals surface area contributed by atoms with E-state index in [-0.39, 0.29) is 43.1 Å². The minimum Gasteiger partial charge on any atom is -0.493 e. The number of fused-ring (bicyclic) bond motifs is 6. The summed E-state index contributed by atoms with van der Waals surface area (Å²) in [5, 5.41) is 12.6. The van der Waals surface area contributed by atoms with Crippen LogP contribution in [-0.4, -0.2) is 158 Å². The largest absolute Gasteiger partial charge is 0.493 e. The molecular weight excluding hydrogens is 1580 g/mol. The third kappa shape index (κ3) is 18.7. The summed E-state index contributed by atoms with van der Waals surface area (Å²) in [6, 6.07) is 45.1. The molecule has 0 saturated heterocycles. The minimum atomic E-state index is -1.34. The maximum absolute atomic E-state index is 14.6. The van der Waals surface area contributed by atoms with Crippen molar-refractivity contribution in [2.24, 2.45) is 4.99 Å². The van der Waals surface area contributed by atoms with Gasteiger partial charge in [0.15, 0.2) is 42.9 Å². The van der Waals surface area contributed by atoms with Gasteiger partial charge in [-0.05, 0) is 122 Å². The fourth-order valence-corrected chi connectivity index (χ4v) is 19.1. The van der Waals surface area contributed by atoms with E-state index in [0.29, 0.717) is 139 Å². The van der Waals surface area contributed by atoms with Crippen molar-refractivity contribution in [2.75, 3.05) is 74.2 Å². The van der Waals surface area contributed by atoms with Gasteiger partial charge in [0, 0.05) is 114 Å². The highest BCUT2D eigenvalue weighted by Gasteiger charge is 2.32. The average molecular weight is 1670 g/mol. The standard InChI is InChI=1S/2C42H44N8O5S2Si/c1-5-54-40(52)37-36(17-19-55-31-12-9-11-30(22-31)50-38-29(24-45-50)23-43-26-44-38)57-41(46-37)48-18-16-28-10-8-13-32(33(28)25-48)39(51)47-42-49(27-53-20-21-58(2,3)4)34-14-6-7-15-35(34)56-42;1-5-54-40(52)37-36(17-19-55-31-12-9-11-30(22-31)50-38-29(24-45-50)23-43-26-44-38)57-41(47-37)48-18-16-28-10-8-13-32(33(28)25-48)39(51)49(27-53-20-21-58(2,3)4)42-46-34-14-6-7-15-35(34)56-42/h2*6-15,22-24,26H,5,16-21,25,27H2,1-4H3. The highest BCUT2D eigenvalue weighted by atomic mass is 32.1. The third-order valence-corrected chi connectivity index (χ3v) is 27.5. The number of hydrogen-bond donors (Lipinski definition) is 0. The summed E-state index contributed by atoms with van der Waals surface area (Å²) in [6.45, 7) is 22.5. The van der Waals surface area contributed by atoms with Gasteiger partial charge < -0.3 is 38.2 Å². The van der Waals surface area contributed by atoms with Crippen molar-refractivity contribution in [1.82, 2.24) is 59.0 Å². The van der Waals surface area contributed by atoms with Gasteiger partial charge in [0.2, 0.25) is 0 Å². The number of para-hydroxylation sites is 2. The third-order valence-electron chi connectivity index (χ3n) is 19.6. The van der Waals surface area contributed by atoms with Crippen LogP contribution in [0.25, 0.3) is 53.9 Å². The number of ether oxygens (including phenoxy) is 6. The van der Waals surface area contributed by atoms with Crippen molar-refractivity contribution < 1.29 is 47.6 Å². The molecule has 0 radical (unpaired) electrons. The second-order valence-corrected chi connectivity index (χ2v) is 45.6. The Morgan fingerprint density at radius 3 is 1.63 bits per heavy atom. The number of esters is 2. The molecule has 0 unspecified atom stereocenters. The lowest BCUT2D eigenvalue weighted by molar-refractivity contribution is 0.0509. The summed E-state index contributed by atoms with van der Waals surface area (Å²) in [5.74, 6) is -0.0880. The van der Waals surface area contributed by atoms with Gasteiger partial charge >= 0.3 is 11.9 Å². The first-order valence-corrected chi connectivity index (χ1v) is 49.3.